The first kappa shape index (κ1) is 20.5. The monoisotopic (exact) mass is 411 g/mol. The number of aromatic amines is 1. The van der Waals surface area contributed by atoms with Crippen molar-refractivity contribution in [2.45, 2.75) is 23.9 Å². The number of carbonyl (C=O) groups excluding carboxylic acids is 1. The van der Waals surface area contributed by atoms with Gasteiger partial charge in [0.2, 0.25) is 5.91 Å². The van der Waals surface area contributed by atoms with Gasteiger partial charge < -0.3 is 19.8 Å². The number of amides is 1. The molecule has 2 aromatic carbocycles. The molecule has 0 spiro atoms. The average molecular weight is 411 g/mol. The van der Waals surface area contributed by atoms with Gasteiger partial charge in [-0.3, -0.25) is 9.59 Å². The smallest absolute Gasteiger partial charge is 0.251 e. The van der Waals surface area contributed by atoms with E-state index in [1.807, 2.05) is 30.3 Å². The first-order valence-corrected chi connectivity index (χ1v) is 9.81. The predicted molar refractivity (Wildman–Crippen MR) is 113 cm³/mol. The van der Waals surface area contributed by atoms with Gasteiger partial charge in [0.1, 0.15) is 18.1 Å². The second kappa shape index (κ2) is 9.79. The molecule has 0 bridgehead atoms. The number of carbonyl (C=O) groups is 1. The van der Waals surface area contributed by atoms with Crippen molar-refractivity contribution >= 4 is 23.4 Å². The number of aromatic nitrogens is 2. The molecule has 0 radical (unpaired) electrons. The maximum absolute atomic E-state index is 12.5. The number of methoxy groups -OCH3 is 1. The molecule has 0 fully saturated rings. The number of thioether (sulfide) groups is 1. The van der Waals surface area contributed by atoms with Crippen LogP contribution in [0.1, 0.15) is 12.6 Å². The van der Waals surface area contributed by atoms with Crippen LogP contribution < -0.4 is 20.3 Å². The molecule has 0 aliphatic rings. The van der Waals surface area contributed by atoms with E-state index in [0.717, 1.165) is 0 Å². The zero-order valence-corrected chi connectivity index (χ0v) is 16.9. The number of para-hydroxylation sites is 1. The van der Waals surface area contributed by atoms with Gasteiger partial charge in [-0.1, -0.05) is 36.0 Å². The van der Waals surface area contributed by atoms with E-state index in [2.05, 4.69) is 15.3 Å². The van der Waals surface area contributed by atoms with E-state index in [0.29, 0.717) is 28.0 Å². The predicted octanol–water partition coefficient (Wildman–Crippen LogP) is 3.48. The molecule has 1 amide bonds. The van der Waals surface area contributed by atoms with E-state index < -0.39 is 5.25 Å². The minimum Gasteiger partial charge on any atom is -0.497 e. The van der Waals surface area contributed by atoms with Gasteiger partial charge in [0.25, 0.3) is 5.56 Å². The van der Waals surface area contributed by atoms with Crippen LogP contribution in [-0.4, -0.2) is 28.2 Å². The van der Waals surface area contributed by atoms with Gasteiger partial charge in [0.05, 0.1) is 18.1 Å². The largest absolute Gasteiger partial charge is 0.497 e. The highest BCUT2D eigenvalue weighted by molar-refractivity contribution is 8.00. The van der Waals surface area contributed by atoms with Gasteiger partial charge in [-0.15, -0.1) is 0 Å². The maximum Gasteiger partial charge on any atom is 0.251 e. The summed E-state index contributed by atoms with van der Waals surface area (Å²) in [5.41, 5.74) is 0.823. The molecule has 1 atom stereocenters. The minimum absolute atomic E-state index is 0.159. The van der Waals surface area contributed by atoms with Crippen LogP contribution in [0.2, 0.25) is 0 Å². The Morgan fingerprint density at radius 1 is 1.14 bits per heavy atom. The molecule has 8 heteroatoms. The summed E-state index contributed by atoms with van der Waals surface area (Å²) in [5.74, 6) is 1.13. The van der Waals surface area contributed by atoms with Gasteiger partial charge in [0, 0.05) is 17.8 Å². The van der Waals surface area contributed by atoms with Crippen molar-refractivity contribution in [1.82, 2.24) is 9.97 Å². The molecular weight excluding hydrogens is 390 g/mol. The second-order valence-electron chi connectivity index (χ2n) is 6.12. The Hall–Kier alpha value is -3.26. The number of rotatable bonds is 8. The summed E-state index contributed by atoms with van der Waals surface area (Å²) in [4.78, 5) is 31.5. The van der Waals surface area contributed by atoms with E-state index in [-0.39, 0.29) is 18.1 Å². The Labute approximate surface area is 172 Å². The third kappa shape index (κ3) is 6.11. The van der Waals surface area contributed by atoms with E-state index in [1.54, 1.807) is 38.3 Å². The van der Waals surface area contributed by atoms with Crippen LogP contribution in [0.4, 0.5) is 5.69 Å². The fraction of sp³-hybridized carbons (Fsp3) is 0.190. The number of nitrogens with zero attached hydrogens (tertiary/aromatic N) is 1. The lowest BCUT2D eigenvalue weighted by Crippen LogP contribution is -2.23. The van der Waals surface area contributed by atoms with Crippen molar-refractivity contribution in [2.24, 2.45) is 0 Å². The van der Waals surface area contributed by atoms with Crippen LogP contribution in [0.5, 0.6) is 11.5 Å². The molecule has 29 heavy (non-hydrogen) atoms. The number of benzene rings is 2. The summed E-state index contributed by atoms with van der Waals surface area (Å²) in [6.07, 6.45) is 0. The number of anilines is 1. The van der Waals surface area contributed by atoms with Crippen LogP contribution in [-0.2, 0) is 11.4 Å². The van der Waals surface area contributed by atoms with Crippen molar-refractivity contribution in [1.29, 1.82) is 0 Å². The number of nitrogens with one attached hydrogen (secondary N) is 2. The molecule has 150 valence electrons. The lowest BCUT2D eigenvalue weighted by Gasteiger charge is -2.12. The third-order valence-corrected chi connectivity index (χ3v) is 4.88. The highest BCUT2D eigenvalue weighted by Crippen LogP contribution is 2.22. The second-order valence-corrected chi connectivity index (χ2v) is 7.45. The summed E-state index contributed by atoms with van der Waals surface area (Å²) in [5, 5.41) is 2.71. The SMILES string of the molecule is COc1cccc(NC(=O)C(C)Sc2nc(COc3ccccc3)cc(=O)[nH]2)c1. The normalized spacial score (nSPS) is 11.5. The standard InChI is InChI=1S/C21H21N3O4S/c1-14(20(26)22-15-7-6-10-18(11-15)27-2)29-21-23-16(12-19(25)24-21)13-28-17-8-4-3-5-9-17/h3-12,14H,13H2,1-2H3,(H,22,26)(H,23,24,25). The molecule has 0 aliphatic heterocycles. The zero-order chi connectivity index (χ0) is 20.6. The Balaban J connectivity index is 1.63. The van der Waals surface area contributed by atoms with Crippen molar-refractivity contribution in [3.05, 3.63) is 76.7 Å². The molecule has 1 unspecified atom stereocenters. The quantitative estimate of drug-likeness (QED) is 0.435. The van der Waals surface area contributed by atoms with Gasteiger partial charge in [-0.05, 0) is 31.2 Å². The van der Waals surface area contributed by atoms with Gasteiger partial charge in [-0.2, -0.15) is 0 Å². The summed E-state index contributed by atoms with van der Waals surface area (Å²) in [7, 11) is 1.57. The van der Waals surface area contributed by atoms with Gasteiger partial charge in [0.15, 0.2) is 5.16 Å². The van der Waals surface area contributed by atoms with E-state index in [4.69, 9.17) is 9.47 Å². The molecule has 2 N–H and O–H groups in total. The van der Waals surface area contributed by atoms with Crippen molar-refractivity contribution in [3.63, 3.8) is 0 Å². The van der Waals surface area contributed by atoms with Crippen LogP contribution in [0.25, 0.3) is 0 Å². The third-order valence-electron chi connectivity index (χ3n) is 3.90. The van der Waals surface area contributed by atoms with E-state index in [9.17, 15) is 9.59 Å². The van der Waals surface area contributed by atoms with E-state index in [1.165, 1.54) is 17.8 Å². The van der Waals surface area contributed by atoms with Crippen LogP contribution in [0.3, 0.4) is 0 Å². The average Bonchev–Trinajstić information content (AvgIpc) is 2.72. The number of H-pyrrole nitrogens is 1. The fourth-order valence-electron chi connectivity index (χ4n) is 2.45. The molecule has 3 aromatic rings. The Morgan fingerprint density at radius 2 is 1.90 bits per heavy atom. The van der Waals surface area contributed by atoms with Crippen LogP contribution in [0.15, 0.2) is 70.6 Å². The van der Waals surface area contributed by atoms with Gasteiger partial charge >= 0.3 is 0 Å². The lowest BCUT2D eigenvalue weighted by molar-refractivity contribution is -0.115. The topological polar surface area (TPSA) is 93.3 Å². The summed E-state index contributed by atoms with van der Waals surface area (Å²) < 4.78 is 10.8. The fourth-order valence-corrected chi connectivity index (χ4v) is 3.28. The number of hydrogen-bond donors (Lipinski definition) is 2. The van der Waals surface area contributed by atoms with Crippen LogP contribution >= 0.6 is 11.8 Å². The summed E-state index contributed by atoms with van der Waals surface area (Å²) >= 11 is 1.17. The molecular formula is C21H21N3O4S. The molecule has 0 saturated carbocycles. The molecule has 1 aromatic heterocycles. The molecule has 7 nitrogen and oxygen atoms in total. The number of hydrogen-bond acceptors (Lipinski definition) is 6. The minimum atomic E-state index is -0.477. The highest BCUT2D eigenvalue weighted by atomic mass is 32.2. The van der Waals surface area contributed by atoms with Crippen molar-refractivity contribution in [2.75, 3.05) is 12.4 Å². The summed E-state index contributed by atoms with van der Waals surface area (Å²) in [6, 6.07) is 17.8. The molecule has 0 saturated heterocycles. The first-order valence-electron chi connectivity index (χ1n) is 8.93. The van der Waals surface area contributed by atoms with Crippen LogP contribution in [0, 0.1) is 0 Å². The van der Waals surface area contributed by atoms with Crippen molar-refractivity contribution < 1.29 is 14.3 Å². The number of ether oxygens (including phenoxy) is 2. The summed E-state index contributed by atoms with van der Waals surface area (Å²) in [6.45, 7) is 1.90. The first-order chi connectivity index (χ1) is 14.0. The van der Waals surface area contributed by atoms with Crippen molar-refractivity contribution in [3.8, 4) is 11.5 Å². The Morgan fingerprint density at radius 3 is 2.66 bits per heavy atom. The maximum atomic E-state index is 12.5. The highest BCUT2D eigenvalue weighted by Gasteiger charge is 2.17. The van der Waals surface area contributed by atoms with E-state index >= 15 is 0 Å². The zero-order valence-electron chi connectivity index (χ0n) is 16.0. The van der Waals surface area contributed by atoms with Gasteiger partial charge in [-0.25, -0.2) is 4.98 Å². The Bertz CT molecular complexity index is 1020. The molecule has 1 heterocycles. The molecule has 3 rings (SSSR count). The Kier molecular flexibility index (Phi) is 6.91. The molecule has 0 aliphatic carbocycles. The lowest BCUT2D eigenvalue weighted by atomic mass is 10.3.